The van der Waals surface area contributed by atoms with Crippen LogP contribution >= 0.6 is 11.6 Å². The average Bonchev–Trinajstić information content (AvgIpc) is 2.68. The first-order valence-corrected chi connectivity index (χ1v) is 9.41. The van der Waals surface area contributed by atoms with E-state index >= 15 is 0 Å². The van der Waals surface area contributed by atoms with Gasteiger partial charge in [0, 0.05) is 36.9 Å². The molecule has 2 N–H and O–H groups in total. The van der Waals surface area contributed by atoms with Gasteiger partial charge in [0.05, 0.1) is 17.4 Å². The van der Waals surface area contributed by atoms with Crippen molar-refractivity contribution in [1.29, 1.82) is 0 Å². The van der Waals surface area contributed by atoms with Gasteiger partial charge in [0.2, 0.25) is 11.9 Å². The second kappa shape index (κ2) is 9.27. The summed E-state index contributed by atoms with van der Waals surface area (Å²) in [5.41, 5.74) is 0.265. The van der Waals surface area contributed by atoms with Crippen molar-refractivity contribution in [3.63, 3.8) is 0 Å². The summed E-state index contributed by atoms with van der Waals surface area (Å²) in [6, 6.07) is 6.66. The summed E-state index contributed by atoms with van der Waals surface area (Å²) in [6.45, 7) is 3.21. The molecule has 9 heteroatoms. The molecule has 1 aromatic carbocycles. The molecule has 0 atom stereocenters. The van der Waals surface area contributed by atoms with Gasteiger partial charge < -0.3 is 15.2 Å². The van der Waals surface area contributed by atoms with Crippen LogP contribution in [0.15, 0.2) is 41.5 Å². The molecule has 3 aromatic rings. The third kappa shape index (κ3) is 5.04. The van der Waals surface area contributed by atoms with Crippen molar-refractivity contribution in [2.45, 2.75) is 26.3 Å². The van der Waals surface area contributed by atoms with E-state index in [1.165, 1.54) is 0 Å². The number of halogens is 1. The molecule has 0 unspecified atom stereocenters. The molecule has 0 aliphatic carbocycles. The second-order valence-electron chi connectivity index (χ2n) is 6.24. The standard InChI is InChI=1S/C19H21ClN6O2/c1-2-10-26(17(27)6-9-23-19-21-7-3-8-22-19)12-16-24-15-11-13(20)4-5-14(15)18(28)25-16/h3-5,7-8,11H,2,6,9-10,12H2,1H3,(H,21,22,23)(H,24,25,28). The Hall–Kier alpha value is -3.00. The molecule has 3 rings (SSSR count). The Kier molecular flexibility index (Phi) is 6.54. The fraction of sp³-hybridized carbons (Fsp3) is 0.316. The highest BCUT2D eigenvalue weighted by atomic mass is 35.5. The monoisotopic (exact) mass is 400 g/mol. The summed E-state index contributed by atoms with van der Waals surface area (Å²) in [4.78, 5) is 41.9. The molecule has 0 aliphatic heterocycles. The van der Waals surface area contributed by atoms with Gasteiger partial charge in [0.1, 0.15) is 5.82 Å². The van der Waals surface area contributed by atoms with Gasteiger partial charge in [0.25, 0.3) is 5.56 Å². The molecule has 0 saturated heterocycles. The predicted molar refractivity (Wildman–Crippen MR) is 108 cm³/mol. The maximum atomic E-state index is 12.6. The first-order chi connectivity index (χ1) is 13.6. The highest BCUT2D eigenvalue weighted by Gasteiger charge is 2.15. The number of nitrogens with zero attached hydrogens (tertiary/aromatic N) is 4. The minimum atomic E-state index is -0.247. The second-order valence-corrected chi connectivity index (χ2v) is 6.67. The zero-order valence-corrected chi connectivity index (χ0v) is 16.2. The Morgan fingerprint density at radius 3 is 2.82 bits per heavy atom. The molecule has 8 nitrogen and oxygen atoms in total. The van der Waals surface area contributed by atoms with Crippen molar-refractivity contribution in [3.05, 3.63) is 57.9 Å². The molecular formula is C19H21ClN6O2. The van der Waals surface area contributed by atoms with Crippen molar-refractivity contribution in [2.75, 3.05) is 18.4 Å². The van der Waals surface area contributed by atoms with Crippen LogP contribution in [0.4, 0.5) is 5.95 Å². The van der Waals surface area contributed by atoms with Gasteiger partial charge in [-0.25, -0.2) is 15.0 Å². The van der Waals surface area contributed by atoms with Crippen LogP contribution in [0.2, 0.25) is 5.02 Å². The van der Waals surface area contributed by atoms with E-state index in [0.717, 1.165) is 6.42 Å². The molecule has 2 aromatic heterocycles. The molecule has 0 aliphatic rings. The van der Waals surface area contributed by atoms with Crippen LogP contribution in [0.1, 0.15) is 25.6 Å². The molecule has 28 heavy (non-hydrogen) atoms. The number of aromatic amines is 1. The normalized spacial score (nSPS) is 10.8. The number of rotatable bonds is 8. The SMILES string of the molecule is CCCN(Cc1nc2cc(Cl)ccc2c(=O)[nH]1)C(=O)CCNc1ncccn1. The topological polar surface area (TPSA) is 104 Å². The zero-order valence-electron chi connectivity index (χ0n) is 15.5. The van der Waals surface area contributed by atoms with Crippen molar-refractivity contribution in [3.8, 4) is 0 Å². The summed E-state index contributed by atoms with van der Waals surface area (Å²) in [6.07, 6.45) is 4.34. The number of amides is 1. The van der Waals surface area contributed by atoms with Crippen LogP contribution in [0, 0.1) is 0 Å². The molecule has 0 saturated carbocycles. The highest BCUT2D eigenvalue weighted by molar-refractivity contribution is 6.31. The summed E-state index contributed by atoms with van der Waals surface area (Å²) >= 11 is 6.00. The molecular weight excluding hydrogens is 380 g/mol. The third-order valence-electron chi connectivity index (χ3n) is 4.09. The molecule has 1 amide bonds. The van der Waals surface area contributed by atoms with E-state index in [1.54, 1.807) is 41.6 Å². The van der Waals surface area contributed by atoms with Crippen LogP contribution in [0.25, 0.3) is 10.9 Å². The van der Waals surface area contributed by atoms with E-state index < -0.39 is 0 Å². The number of fused-ring (bicyclic) bond motifs is 1. The maximum Gasteiger partial charge on any atom is 0.258 e. The lowest BCUT2D eigenvalue weighted by atomic mass is 10.2. The van der Waals surface area contributed by atoms with Gasteiger partial charge in [0.15, 0.2) is 0 Å². The fourth-order valence-corrected chi connectivity index (χ4v) is 2.97. The van der Waals surface area contributed by atoms with Gasteiger partial charge in [-0.2, -0.15) is 0 Å². The Morgan fingerprint density at radius 2 is 2.07 bits per heavy atom. The highest BCUT2D eigenvalue weighted by Crippen LogP contribution is 2.15. The number of aromatic nitrogens is 4. The van der Waals surface area contributed by atoms with Gasteiger partial charge in [-0.1, -0.05) is 18.5 Å². The quantitative estimate of drug-likeness (QED) is 0.602. The summed E-state index contributed by atoms with van der Waals surface area (Å²) < 4.78 is 0. The average molecular weight is 401 g/mol. The number of hydrogen-bond acceptors (Lipinski definition) is 6. The number of carbonyl (C=O) groups is 1. The molecule has 0 radical (unpaired) electrons. The first kappa shape index (κ1) is 19.8. The van der Waals surface area contributed by atoms with Crippen LogP contribution in [0.5, 0.6) is 0 Å². The van der Waals surface area contributed by atoms with E-state index in [1.807, 2.05) is 6.92 Å². The van der Waals surface area contributed by atoms with Crippen LogP contribution in [0.3, 0.4) is 0 Å². The van der Waals surface area contributed by atoms with Crippen molar-refractivity contribution < 1.29 is 4.79 Å². The van der Waals surface area contributed by atoms with Crippen LogP contribution < -0.4 is 10.9 Å². The van der Waals surface area contributed by atoms with Crippen LogP contribution in [-0.4, -0.2) is 43.8 Å². The lowest BCUT2D eigenvalue weighted by Crippen LogP contribution is -2.33. The lowest BCUT2D eigenvalue weighted by molar-refractivity contribution is -0.131. The zero-order chi connectivity index (χ0) is 19.9. The van der Waals surface area contributed by atoms with E-state index in [-0.39, 0.29) is 24.4 Å². The maximum absolute atomic E-state index is 12.6. The molecule has 0 spiro atoms. The van der Waals surface area contributed by atoms with Gasteiger partial charge in [-0.3, -0.25) is 9.59 Å². The number of hydrogen-bond donors (Lipinski definition) is 2. The Bertz CT molecular complexity index is 1010. The van der Waals surface area contributed by atoms with Crippen molar-refractivity contribution >= 4 is 34.4 Å². The third-order valence-corrected chi connectivity index (χ3v) is 4.33. The number of benzene rings is 1. The Labute approximate surface area is 167 Å². The molecule has 0 bridgehead atoms. The van der Waals surface area contributed by atoms with Crippen molar-refractivity contribution in [2.24, 2.45) is 0 Å². The number of anilines is 1. The largest absolute Gasteiger partial charge is 0.354 e. The Balaban J connectivity index is 1.69. The lowest BCUT2D eigenvalue weighted by Gasteiger charge is -2.22. The predicted octanol–water partition coefficient (Wildman–Crippen LogP) is 2.61. The minimum Gasteiger partial charge on any atom is -0.354 e. The molecule has 146 valence electrons. The first-order valence-electron chi connectivity index (χ1n) is 9.04. The number of H-pyrrole nitrogens is 1. The smallest absolute Gasteiger partial charge is 0.258 e. The minimum absolute atomic E-state index is 0.0425. The molecule has 0 fully saturated rings. The fourth-order valence-electron chi connectivity index (χ4n) is 2.81. The summed E-state index contributed by atoms with van der Waals surface area (Å²) in [7, 11) is 0. The number of carbonyl (C=O) groups excluding carboxylic acids is 1. The number of nitrogens with one attached hydrogen (secondary N) is 2. The van der Waals surface area contributed by atoms with Gasteiger partial charge >= 0.3 is 0 Å². The van der Waals surface area contributed by atoms with E-state index in [4.69, 9.17) is 11.6 Å². The van der Waals surface area contributed by atoms with Crippen molar-refractivity contribution in [1.82, 2.24) is 24.8 Å². The van der Waals surface area contributed by atoms with E-state index in [9.17, 15) is 9.59 Å². The Morgan fingerprint density at radius 1 is 1.29 bits per heavy atom. The summed E-state index contributed by atoms with van der Waals surface area (Å²) in [5, 5.41) is 3.99. The molecule has 2 heterocycles. The van der Waals surface area contributed by atoms with Crippen LogP contribution in [-0.2, 0) is 11.3 Å². The van der Waals surface area contributed by atoms with Gasteiger partial charge in [-0.05, 0) is 30.7 Å². The van der Waals surface area contributed by atoms with Gasteiger partial charge in [-0.15, -0.1) is 0 Å². The summed E-state index contributed by atoms with van der Waals surface area (Å²) in [5.74, 6) is 0.870. The van der Waals surface area contributed by atoms with E-state index in [0.29, 0.717) is 40.8 Å². The van der Waals surface area contributed by atoms with E-state index in [2.05, 4.69) is 25.3 Å².